The van der Waals surface area contributed by atoms with Crippen molar-refractivity contribution < 1.29 is 14.7 Å². The van der Waals surface area contributed by atoms with Crippen LogP contribution in [0.5, 0.6) is 0 Å². The number of likely N-dealkylation sites (tertiary alicyclic amines) is 1. The van der Waals surface area contributed by atoms with Crippen LogP contribution >= 0.6 is 0 Å². The zero-order chi connectivity index (χ0) is 23.1. The number of hydrogen-bond acceptors (Lipinski definition) is 7. The number of nitrogens with zero attached hydrogens (tertiary/aromatic N) is 7. The summed E-state index contributed by atoms with van der Waals surface area (Å²) in [5.41, 5.74) is 4.60. The smallest absolute Gasteiger partial charge is 0.324 e. The normalized spacial score (nSPS) is 16.9. The van der Waals surface area contributed by atoms with Gasteiger partial charge in [-0.1, -0.05) is 0 Å². The minimum absolute atomic E-state index is 0.0829. The third kappa shape index (κ3) is 3.76. The van der Waals surface area contributed by atoms with E-state index in [1.54, 1.807) is 29.2 Å². The first-order valence-corrected chi connectivity index (χ1v) is 11.0. The number of aliphatic hydroxyl groups is 1. The molecular weight excluding hydrogens is 422 g/mol. The van der Waals surface area contributed by atoms with E-state index in [0.29, 0.717) is 55.0 Å². The largest absolute Gasteiger partial charge is 0.387 e. The lowest BCUT2D eigenvalue weighted by molar-refractivity contribution is -0.135. The van der Waals surface area contributed by atoms with E-state index >= 15 is 0 Å². The van der Waals surface area contributed by atoms with E-state index in [1.807, 2.05) is 30.2 Å². The van der Waals surface area contributed by atoms with Crippen LogP contribution in [0.15, 0.2) is 30.7 Å². The van der Waals surface area contributed by atoms with Gasteiger partial charge in [0.05, 0.1) is 23.4 Å². The molecule has 1 saturated heterocycles. The van der Waals surface area contributed by atoms with Crippen LogP contribution in [0.3, 0.4) is 0 Å². The molecule has 5 rings (SSSR count). The summed E-state index contributed by atoms with van der Waals surface area (Å²) in [5.74, 6) is 0.404. The van der Waals surface area contributed by atoms with Gasteiger partial charge in [0.1, 0.15) is 17.9 Å². The molecule has 170 valence electrons. The molecule has 33 heavy (non-hydrogen) atoms. The number of carbonyl (C=O) groups is 2. The number of aliphatic hydroxyl groups excluding tert-OH is 1. The van der Waals surface area contributed by atoms with Gasteiger partial charge >= 0.3 is 6.03 Å². The molecule has 5 heterocycles. The van der Waals surface area contributed by atoms with E-state index in [2.05, 4.69) is 15.0 Å². The summed E-state index contributed by atoms with van der Waals surface area (Å²) in [4.78, 5) is 48.4. The minimum Gasteiger partial charge on any atom is -0.387 e. The summed E-state index contributed by atoms with van der Waals surface area (Å²) in [7, 11) is 1.78. The Kier molecular flexibility index (Phi) is 5.37. The number of aryl methyl sites for hydroxylation is 1. The van der Waals surface area contributed by atoms with E-state index < -0.39 is 6.61 Å². The second-order valence-electron chi connectivity index (χ2n) is 8.49. The summed E-state index contributed by atoms with van der Waals surface area (Å²) < 4.78 is 0. The van der Waals surface area contributed by atoms with Crippen LogP contribution in [0.1, 0.15) is 24.2 Å². The second kappa shape index (κ2) is 8.36. The number of amides is 3. The van der Waals surface area contributed by atoms with Crippen molar-refractivity contribution in [2.75, 3.05) is 31.6 Å². The van der Waals surface area contributed by atoms with E-state index in [-0.39, 0.29) is 18.0 Å². The van der Waals surface area contributed by atoms with Crippen LogP contribution in [0, 0.1) is 6.92 Å². The maximum absolute atomic E-state index is 13.4. The average Bonchev–Trinajstić information content (AvgIpc) is 2.84. The molecule has 1 fully saturated rings. The summed E-state index contributed by atoms with van der Waals surface area (Å²) in [6.45, 7) is 2.78. The molecule has 10 nitrogen and oxygen atoms in total. The van der Waals surface area contributed by atoms with Gasteiger partial charge in [0.15, 0.2) is 0 Å². The number of urea groups is 1. The van der Waals surface area contributed by atoms with Crippen molar-refractivity contribution in [2.24, 2.45) is 0 Å². The molecular formula is C23H25N7O3. The Hall–Kier alpha value is -3.66. The van der Waals surface area contributed by atoms with Gasteiger partial charge in [0, 0.05) is 55.9 Å². The summed E-state index contributed by atoms with van der Waals surface area (Å²) in [5, 5.41) is 9.18. The molecule has 0 atom stereocenters. The molecule has 3 aromatic heterocycles. The maximum Gasteiger partial charge on any atom is 0.324 e. The molecule has 0 spiro atoms. The number of anilines is 1. The Morgan fingerprint density at radius 3 is 2.55 bits per heavy atom. The van der Waals surface area contributed by atoms with Crippen molar-refractivity contribution in [1.82, 2.24) is 29.7 Å². The third-order valence-corrected chi connectivity index (χ3v) is 6.34. The SMILES string of the molecule is Cc1ncc(-c2ccc3ncc4c(c3n2)N(C2CCN(C(=O)CO)CC2)C(=O)N(C)C4)cn1. The quantitative estimate of drug-likeness (QED) is 0.650. The lowest BCUT2D eigenvalue weighted by Gasteiger charge is -2.43. The number of carbonyl (C=O) groups excluding carboxylic acids is 2. The number of fused-ring (bicyclic) bond motifs is 3. The molecule has 0 saturated carbocycles. The molecule has 10 heteroatoms. The molecule has 3 amide bonds. The van der Waals surface area contributed by atoms with Crippen LogP contribution in [-0.2, 0) is 11.3 Å². The van der Waals surface area contributed by atoms with Gasteiger partial charge in [0.2, 0.25) is 5.91 Å². The van der Waals surface area contributed by atoms with Gasteiger partial charge in [-0.05, 0) is 31.9 Å². The van der Waals surface area contributed by atoms with E-state index in [0.717, 1.165) is 16.8 Å². The predicted molar refractivity (Wildman–Crippen MR) is 121 cm³/mol. The molecule has 2 aliphatic heterocycles. The first kappa shape index (κ1) is 21.2. The Balaban J connectivity index is 1.58. The van der Waals surface area contributed by atoms with Gasteiger partial charge in [-0.15, -0.1) is 0 Å². The van der Waals surface area contributed by atoms with Gasteiger partial charge in [-0.3, -0.25) is 14.7 Å². The molecule has 0 radical (unpaired) electrons. The van der Waals surface area contributed by atoms with Crippen molar-refractivity contribution in [3.05, 3.63) is 42.1 Å². The predicted octanol–water partition coefficient (Wildman–Crippen LogP) is 1.75. The average molecular weight is 447 g/mol. The zero-order valence-corrected chi connectivity index (χ0v) is 18.6. The van der Waals surface area contributed by atoms with Crippen LogP contribution in [0.25, 0.3) is 22.3 Å². The van der Waals surface area contributed by atoms with E-state index in [1.165, 1.54) is 0 Å². The van der Waals surface area contributed by atoms with Gasteiger partial charge in [-0.25, -0.2) is 19.7 Å². The van der Waals surface area contributed by atoms with Gasteiger partial charge < -0.3 is 14.9 Å². The first-order valence-electron chi connectivity index (χ1n) is 11.0. The Morgan fingerprint density at radius 2 is 1.85 bits per heavy atom. The summed E-state index contributed by atoms with van der Waals surface area (Å²) >= 11 is 0. The molecule has 2 aliphatic rings. The second-order valence-corrected chi connectivity index (χ2v) is 8.49. The number of piperidine rings is 1. The lowest BCUT2D eigenvalue weighted by Crippen LogP contribution is -2.54. The fraction of sp³-hybridized carbons (Fsp3) is 0.391. The third-order valence-electron chi connectivity index (χ3n) is 6.34. The summed E-state index contributed by atoms with van der Waals surface area (Å²) in [6, 6.07) is 3.62. The van der Waals surface area contributed by atoms with Crippen LogP contribution in [-0.4, -0.2) is 79.6 Å². The topological polar surface area (TPSA) is 116 Å². The fourth-order valence-electron chi connectivity index (χ4n) is 4.58. The highest BCUT2D eigenvalue weighted by atomic mass is 16.3. The van der Waals surface area contributed by atoms with Crippen molar-refractivity contribution in [3.63, 3.8) is 0 Å². The molecule has 3 aromatic rings. The van der Waals surface area contributed by atoms with Crippen molar-refractivity contribution in [1.29, 1.82) is 0 Å². The van der Waals surface area contributed by atoms with Crippen LogP contribution in [0.2, 0.25) is 0 Å². The van der Waals surface area contributed by atoms with E-state index in [9.17, 15) is 14.7 Å². The van der Waals surface area contributed by atoms with Crippen LogP contribution in [0.4, 0.5) is 10.5 Å². The summed E-state index contributed by atoms with van der Waals surface area (Å²) in [6.07, 6.45) is 6.54. The molecule has 0 bridgehead atoms. The standard InChI is InChI=1S/C23H25N7O3/c1-14-24-9-15(10-25-14)18-3-4-19-21(27-18)22-16(11-26-19)12-28(2)23(33)30(22)17-5-7-29(8-6-17)20(32)13-31/h3-4,9-11,17,31H,5-8,12-13H2,1-2H3. The minimum atomic E-state index is -0.495. The molecule has 0 unspecified atom stereocenters. The van der Waals surface area contributed by atoms with Crippen molar-refractivity contribution in [2.45, 2.75) is 32.4 Å². The van der Waals surface area contributed by atoms with Gasteiger partial charge in [0.25, 0.3) is 0 Å². The van der Waals surface area contributed by atoms with E-state index in [4.69, 9.17) is 4.98 Å². The lowest BCUT2D eigenvalue weighted by atomic mass is 9.99. The van der Waals surface area contributed by atoms with Crippen LogP contribution < -0.4 is 4.90 Å². The number of rotatable bonds is 3. The fourth-order valence-corrected chi connectivity index (χ4v) is 4.58. The highest BCUT2D eigenvalue weighted by Gasteiger charge is 2.37. The van der Waals surface area contributed by atoms with Gasteiger partial charge in [-0.2, -0.15) is 0 Å². The highest BCUT2D eigenvalue weighted by molar-refractivity contribution is 6.04. The Labute approximate surface area is 190 Å². The number of pyridine rings is 2. The van der Waals surface area contributed by atoms with Crippen molar-refractivity contribution >= 4 is 28.7 Å². The first-order chi connectivity index (χ1) is 16.0. The Bertz CT molecular complexity index is 1220. The molecule has 1 N–H and O–H groups in total. The van der Waals surface area contributed by atoms with Crippen molar-refractivity contribution in [3.8, 4) is 11.3 Å². The Morgan fingerprint density at radius 1 is 1.12 bits per heavy atom. The monoisotopic (exact) mass is 447 g/mol. The zero-order valence-electron chi connectivity index (χ0n) is 18.6. The maximum atomic E-state index is 13.4. The molecule has 0 aliphatic carbocycles. The molecule has 0 aromatic carbocycles. The number of hydrogen-bond donors (Lipinski definition) is 1. The highest BCUT2D eigenvalue weighted by Crippen LogP contribution is 2.37. The number of aromatic nitrogens is 4.